The molecule has 204 valence electrons. The maximum Gasteiger partial charge on any atom is 0.302 e. The number of carbonyl (C=O) groups excluding carboxylic acids is 1. The Bertz CT molecular complexity index is 1430. The second kappa shape index (κ2) is 10.3. The molecular weight excluding hydrogens is 512 g/mol. The van der Waals surface area contributed by atoms with Gasteiger partial charge in [0.1, 0.15) is 42.2 Å². The van der Waals surface area contributed by atoms with Gasteiger partial charge in [0.2, 0.25) is 23.2 Å². The molecule has 3 aromatic rings. The summed E-state index contributed by atoms with van der Waals surface area (Å²) in [5.41, 5.74) is -1.66. The van der Waals surface area contributed by atoms with Crippen molar-refractivity contribution in [2.45, 2.75) is 37.6 Å². The number of aromatic hydroxyl groups is 4. The third kappa shape index (κ3) is 4.72. The molecule has 0 amide bonds. The van der Waals surface area contributed by atoms with Gasteiger partial charge >= 0.3 is 5.97 Å². The molecule has 2 aromatic carbocycles. The maximum absolute atomic E-state index is 12.8. The second-order valence-corrected chi connectivity index (χ2v) is 8.38. The van der Waals surface area contributed by atoms with E-state index in [4.69, 9.17) is 23.4 Å². The van der Waals surface area contributed by atoms with Gasteiger partial charge in [-0.2, -0.15) is 0 Å². The van der Waals surface area contributed by atoms with Crippen LogP contribution >= 0.6 is 0 Å². The number of phenols is 3. The molecule has 7 N–H and O–H groups in total. The third-order valence-electron chi connectivity index (χ3n) is 5.87. The lowest BCUT2D eigenvalue weighted by molar-refractivity contribution is -0.278. The Morgan fingerprint density at radius 3 is 2.32 bits per heavy atom. The van der Waals surface area contributed by atoms with Crippen molar-refractivity contribution >= 4 is 16.9 Å². The quantitative estimate of drug-likeness (QED) is 0.163. The highest BCUT2D eigenvalue weighted by atomic mass is 16.7. The van der Waals surface area contributed by atoms with Gasteiger partial charge in [-0.3, -0.25) is 9.59 Å². The van der Waals surface area contributed by atoms with E-state index in [-0.39, 0.29) is 17.1 Å². The van der Waals surface area contributed by atoms with Crippen LogP contribution in [-0.2, 0) is 14.3 Å². The molecule has 38 heavy (non-hydrogen) atoms. The smallest absolute Gasteiger partial charge is 0.302 e. The molecule has 2 heterocycles. The maximum atomic E-state index is 12.8. The molecule has 5 atom stereocenters. The van der Waals surface area contributed by atoms with Gasteiger partial charge in [-0.25, -0.2) is 0 Å². The topological polar surface area (TPSA) is 226 Å². The highest BCUT2D eigenvalue weighted by Gasteiger charge is 2.46. The summed E-state index contributed by atoms with van der Waals surface area (Å²) in [4.78, 5) is 24.0. The van der Waals surface area contributed by atoms with Crippen LogP contribution in [-0.4, -0.2) is 86.1 Å². The summed E-state index contributed by atoms with van der Waals surface area (Å²) >= 11 is 0. The summed E-state index contributed by atoms with van der Waals surface area (Å²) in [6.45, 7) is 0.612. The van der Waals surface area contributed by atoms with Gasteiger partial charge in [-0.1, -0.05) is 0 Å². The lowest BCUT2D eigenvalue weighted by Crippen LogP contribution is -2.60. The highest BCUT2D eigenvalue weighted by molar-refractivity contribution is 5.93. The Morgan fingerprint density at radius 1 is 0.947 bits per heavy atom. The van der Waals surface area contributed by atoms with Gasteiger partial charge in [-0.05, 0) is 18.2 Å². The molecule has 1 aliphatic rings. The van der Waals surface area contributed by atoms with Crippen molar-refractivity contribution in [2.75, 3.05) is 13.7 Å². The summed E-state index contributed by atoms with van der Waals surface area (Å²) in [5.74, 6) is -4.51. The summed E-state index contributed by atoms with van der Waals surface area (Å²) in [5, 5.41) is 71.7. The molecule has 1 fully saturated rings. The molecule has 0 bridgehead atoms. The lowest BCUT2D eigenvalue weighted by Gasteiger charge is -2.39. The first kappa shape index (κ1) is 26.8. The fraction of sp³-hybridized carbons (Fsp3) is 0.333. The third-order valence-corrected chi connectivity index (χ3v) is 5.87. The highest BCUT2D eigenvalue weighted by Crippen LogP contribution is 2.44. The number of phenolic OH excluding ortho intramolecular Hbond substituents is 3. The summed E-state index contributed by atoms with van der Waals surface area (Å²) < 4.78 is 26.2. The molecule has 14 heteroatoms. The van der Waals surface area contributed by atoms with Gasteiger partial charge in [0.05, 0.1) is 7.11 Å². The van der Waals surface area contributed by atoms with Crippen molar-refractivity contribution in [3.8, 4) is 45.8 Å². The number of hydrogen-bond donors (Lipinski definition) is 7. The summed E-state index contributed by atoms with van der Waals surface area (Å²) in [6.07, 6.45) is -8.40. The van der Waals surface area contributed by atoms with Crippen molar-refractivity contribution in [2.24, 2.45) is 0 Å². The zero-order valence-electron chi connectivity index (χ0n) is 19.9. The number of esters is 1. The molecule has 1 aliphatic heterocycles. The predicted molar refractivity (Wildman–Crippen MR) is 125 cm³/mol. The van der Waals surface area contributed by atoms with Gasteiger partial charge in [0, 0.05) is 18.6 Å². The standard InChI is InChI=1S/C24H24O14/c1-8(25)35-7-14-16(28)19(31)21(33)24(37-14)36-13-6-11(27)15-18(30)20(32)22(38-23(15)17(13)29)9-3-4-10(26)12(5-9)34-2/h3-6,14,16,19,21,24,26-29,31-33H,7H2,1-2H3/t14-,16-,19+,21-,24-/m1/s1. The Labute approximate surface area is 213 Å². The van der Waals surface area contributed by atoms with E-state index in [1.54, 1.807) is 0 Å². The first-order valence-electron chi connectivity index (χ1n) is 11.1. The Kier molecular flexibility index (Phi) is 7.24. The van der Waals surface area contributed by atoms with E-state index in [0.29, 0.717) is 0 Å². The van der Waals surface area contributed by atoms with Gasteiger partial charge in [0.25, 0.3) is 0 Å². The minimum Gasteiger partial charge on any atom is -0.507 e. The van der Waals surface area contributed by atoms with Crippen molar-refractivity contribution in [1.29, 1.82) is 0 Å². The average molecular weight is 536 g/mol. The minimum absolute atomic E-state index is 0.0127. The van der Waals surface area contributed by atoms with Crippen LogP contribution < -0.4 is 14.9 Å². The van der Waals surface area contributed by atoms with E-state index in [0.717, 1.165) is 13.0 Å². The van der Waals surface area contributed by atoms with E-state index in [1.165, 1.54) is 25.3 Å². The van der Waals surface area contributed by atoms with Gasteiger partial charge in [0.15, 0.2) is 28.6 Å². The van der Waals surface area contributed by atoms with Crippen molar-refractivity contribution < 1.29 is 63.9 Å². The minimum atomic E-state index is -1.86. The van der Waals surface area contributed by atoms with Crippen molar-refractivity contribution in [3.63, 3.8) is 0 Å². The number of hydrogen-bond acceptors (Lipinski definition) is 14. The van der Waals surface area contributed by atoms with Gasteiger partial charge < -0.3 is 59.1 Å². The van der Waals surface area contributed by atoms with Crippen molar-refractivity contribution in [3.05, 3.63) is 34.5 Å². The van der Waals surface area contributed by atoms with Crippen LogP contribution in [0.2, 0.25) is 0 Å². The fourth-order valence-electron chi connectivity index (χ4n) is 3.88. The molecule has 0 saturated carbocycles. The zero-order valence-corrected chi connectivity index (χ0v) is 19.9. The fourth-order valence-corrected chi connectivity index (χ4v) is 3.88. The van der Waals surface area contributed by atoms with Crippen LogP contribution in [0.1, 0.15) is 6.92 Å². The molecule has 0 unspecified atom stereocenters. The molecule has 0 aliphatic carbocycles. The molecule has 14 nitrogen and oxygen atoms in total. The van der Waals surface area contributed by atoms with Crippen LogP contribution in [0.3, 0.4) is 0 Å². The van der Waals surface area contributed by atoms with Crippen LogP contribution in [0.25, 0.3) is 22.3 Å². The number of carbonyl (C=O) groups is 1. The van der Waals surface area contributed by atoms with E-state index in [2.05, 4.69) is 0 Å². The van der Waals surface area contributed by atoms with Crippen LogP contribution in [0, 0.1) is 0 Å². The Balaban J connectivity index is 1.77. The number of rotatable bonds is 6. The molecular formula is C24H24O14. The first-order chi connectivity index (χ1) is 17.9. The number of ether oxygens (including phenoxy) is 4. The van der Waals surface area contributed by atoms with Crippen LogP contribution in [0.15, 0.2) is 33.5 Å². The molecule has 1 saturated heterocycles. The zero-order chi connectivity index (χ0) is 27.9. The van der Waals surface area contributed by atoms with E-state index >= 15 is 0 Å². The normalized spacial score (nSPS) is 23.2. The van der Waals surface area contributed by atoms with E-state index in [9.17, 15) is 45.3 Å². The Hall–Kier alpha value is -4.24. The van der Waals surface area contributed by atoms with E-state index in [1.807, 2.05) is 0 Å². The number of fused-ring (bicyclic) bond motifs is 1. The molecule has 4 rings (SSSR count). The average Bonchev–Trinajstić information content (AvgIpc) is 2.88. The summed E-state index contributed by atoms with van der Waals surface area (Å²) in [6, 6.07) is 4.54. The van der Waals surface area contributed by atoms with Gasteiger partial charge in [-0.15, -0.1) is 0 Å². The summed E-state index contributed by atoms with van der Waals surface area (Å²) in [7, 11) is 1.28. The Morgan fingerprint density at radius 2 is 1.66 bits per heavy atom. The van der Waals surface area contributed by atoms with Crippen molar-refractivity contribution in [1.82, 2.24) is 0 Å². The largest absolute Gasteiger partial charge is 0.507 e. The lowest BCUT2D eigenvalue weighted by atomic mass is 9.99. The first-order valence-corrected chi connectivity index (χ1v) is 11.1. The van der Waals surface area contributed by atoms with E-state index < -0.39 is 88.4 Å². The number of aliphatic hydroxyl groups excluding tert-OH is 3. The monoisotopic (exact) mass is 536 g/mol. The SMILES string of the molecule is COc1cc(-c2oc3c(O)c(O[C@@H]4O[C@H](COC(C)=O)[C@@H](O)[C@H](O)[C@H]4O)cc(O)c3c(=O)c2O)ccc1O. The number of benzene rings is 2. The number of methoxy groups -OCH3 is 1. The predicted octanol–water partition coefficient (Wildman–Crippen LogP) is 0.0405. The van der Waals surface area contributed by atoms with Crippen LogP contribution in [0.4, 0.5) is 0 Å². The number of aliphatic hydroxyl groups is 3. The molecule has 1 aromatic heterocycles. The molecule has 0 spiro atoms. The van der Waals surface area contributed by atoms with Crippen LogP contribution in [0.5, 0.6) is 34.5 Å². The molecule has 0 radical (unpaired) electrons. The second-order valence-electron chi connectivity index (χ2n) is 8.38.